The maximum atomic E-state index is 12.2. The lowest BCUT2D eigenvalue weighted by Crippen LogP contribution is -2.38. The van der Waals surface area contributed by atoms with Crippen molar-refractivity contribution in [2.45, 2.75) is 51.0 Å². The molecule has 1 aliphatic carbocycles. The number of piperidine rings is 1. The molecular weight excluding hydrogens is 302 g/mol. The summed E-state index contributed by atoms with van der Waals surface area (Å²) < 4.78 is 0. The topological polar surface area (TPSA) is 61.4 Å². The minimum absolute atomic E-state index is 0.247. The van der Waals surface area contributed by atoms with Crippen LogP contribution in [0.25, 0.3) is 0 Å². The van der Waals surface area contributed by atoms with Crippen molar-refractivity contribution >= 4 is 17.5 Å². The van der Waals surface area contributed by atoms with Crippen molar-refractivity contribution in [1.29, 1.82) is 0 Å². The lowest BCUT2D eigenvalue weighted by atomic mass is 9.93. The van der Waals surface area contributed by atoms with Gasteiger partial charge in [-0.3, -0.25) is 4.79 Å². The summed E-state index contributed by atoms with van der Waals surface area (Å²) in [5, 5.41) is 3.21. The van der Waals surface area contributed by atoms with E-state index >= 15 is 0 Å². The van der Waals surface area contributed by atoms with E-state index in [0.29, 0.717) is 18.4 Å². The van der Waals surface area contributed by atoms with E-state index in [9.17, 15) is 4.79 Å². The Balaban J connectivity index is 1.47. The van der Waals surface area contributed by atoms with Gasteiger partial charge in [-0.1, -0.05) is 12.8 Å². The number of amides is 1. The van der Waals surface area contributed by atoms with Gasteiger partial charge in [0.1, 0.15) is 18.0 Å². The van der Waals surface area contributed by atoms with E-state index in [1.165, 1.54) is 12.8 Å². The fourth-order valence-electron chi connectivity index (χ4n) is 3.74. The molecule has 1 amide bonds. The maximum absolute atomic E-state index is 12.2. The van der Waals surface area contributed by atoms with Crippen LogP contribution in [0.3, 0.4) is 0 Å². The van der Waals surface area contributed by atoms with Crippen molar-refractivity contribution < 1.29 is 4.79 Å². The zero-order valence-corrected chi connectivity index (χ0v) is 14.9. The molecule has 1 aromatic rings. The molecule has 1 aromatic heterocycles. The van der Waals surface area contributed by atoms with Gasteiger partial charge in [-0.2, -0.15) is 0 Å². The second-order valence-electron chi connectivity index (χ2n) is 7.31. The second-order valence-corrected chi connectivity index (χ2v) is 7.31. The smallest absolute Gasteiger partial charge is 0.220 e. The van der Waals surface area contributed by atoms with E-state index in [2.05, 4.69) is 20.2 Å². The van der Waals surface area contributed by atoms with E-state index in [1.807, 2.05) is 25.1 Å². The summed E-state index contributed by atoms with van der Waals surface area (Å²) in [6, 6.07) is 2.47. The summed E-state index contributed by atoms with van der Waals surface area (Å²) in [7, 11) is 3.97. The number of hydrogen-bond acceptors (Lipinski definition) is 5. The highest BCUT2D eigenvalue weighted by Gasteiger charge is 2.24. The van der Waals surface area contributed by atoms with Crippen LogP contribution in [0.5, 0.6) is 0 Å². The van der Waals surface area contributed by atoms with Gasteiger partial charge in [-0.15, -0.1) is 0 Å². The number of hydrogen-bond donors (Lipinski definition) is 1. The predicted molar refractivity (Wildman–Crippen MR) is 96.3 cm³/mol. The van der Waals surface area contributed by atoms with Crippen LogP contribution in [-0.4, -0.2) is 49.1 Å². The molecule has 1 aliphatic heterocycles. The molecule has 2 aliphatic rings. The second kappa shape index (κ2) is 7.81. The average Bonchev–Trinajstić information content (AvgIpc) is 3.08. The van der Waals surface area contributed by atoms with Crippen LogP contribution >= 0.6 is 0 Å². The van der Waals surface area contributed by atoms with Crippen LogP contribution in [0.15, 0.2) is 12.4 Å². The lowest BCUT2D eigenvalue weighted by molar-refractivity contribution is -0.122. The van der Waals surface area contributed by atoms with Gasteiger partial charge >= 0.3 is 0 Å². The number of anilines is 2. The van der Waals surface area contributed by atoms with Crippen molar-refractivity contribution in [3.05, 3.63) is 12.4 Å². The van der Waals surface area contributed by atoms with Crippen molar-refractivity contribution in [2.24, 2.45) is 5.92 Å². The van der Waals surface area contributed by atoms with E-state index < -0.39 is 0 Å². The maximum Gasteiger partial charge on any atom is 0.220 e. The standard InChI is InChI=1S/C18H29N5O/c1-22(2)16-12-17(20-13-19-16)23-9-7-14(8-10-23)11-18(24)21-15-5-3-4-6-15/h12-15H,3-11H2,1-2H3,(H,21,24). The summed E-state index contributed by atoms with van der Waals surface area (Å²) in [6.45, 7) is 1.93. The van der Waals surface area contributed by atoms with Crippen molar-refractivity contribution in [3.8, 4) is 0 Å². The molecule has 1 N–H and O–H groups in total. The number of carbonyl (C=O) groups excluding carboxylic acids is 1. The summed E-state index contributed by atoms with van der Waals surface area (Å²) in [5.74, 6) is 2.66. The zero-order chi connectivity index (χ0) is 16.9. The first-order valence-corrected chi connectivity index (χ1v) is 9.15. The van der Waals surface area contributed by atoms with Gasteiger partial charge in [-0.05, 0) is 31.6 Å². The third-order valence-corrected chi connectivity index (χ3v) is 5.23. The van der Waals surface area contributed by atoms with E-state index in [1.54, 1.807) is 6.33 Å². The molecule has 6 nitrogen and oxygen atoms in total. The first-order valence-electron chi connectivity index (χ1n) is 9.15. The third kappa shape index (κ3) is 4.36. The van der Waals surface area contributed by atoms with E-state index in [-0.39, 0.29) is 5.91 Å². The SMILES string of the molecule is CN(C)c1cc(N2CCC(CC(=O)NC3CCCC3)CC2)ncn1. The van der Waals surface area contributed by atoms with Gasteiger partial charge in [0.25, 0.3) is 0 Å². The summed E-state index contributed by atoms with van der Waals surface area (Å²) >= 11 is 0. The molecule has 0 aromatic carbocycles. The fourth-order valence-corrected chi connectivity index (χ4v) is 3.74. The number of nitrogens with one attached hydrogen (secondary N) is 1. The molecular formula is C18H29N5O. The monoisotopic (exact) mass is 331 g/mol. The highest BCUT2D eigenvalue weighted by molar-refractivity contribution is 5.76. The van der Waals surface area contributed by atoms with Crippen LogP contribution in [0.1, 0.15) is 44.9 Å². The van der Waals surface area contributed by atoms with Crippen molar-refractivity contribution in [2.75, 3.05) is 37.0 Å². The molecule has 0 radical (unpaired) electrons. The molecule has 1 saturated carbocycles. The van der Waals surface area contributed by atoms with Crippen molar-refractivity contribution in [1.82, 2.24) is 15.3 Å². The molecule has 24 heavy (non-hydrogen) atoms. The molecule has 0 bridgehead atoms. The molecule has 2 fully saturated rings. The molecule has 1 saturated heterocycles. The normalized spacial score (nSPS) is 19.5. The average molecular weight is 331 g/mol. The Morgan fingerprint density at radius 2 is 1.92 bits per heavy atom. The Labute approximate surface area is 144 Å². The molecule has 0 spiro atoms. The highest BCUT2D eigenvalue weighted by atomic mass is 16.1. The number of carbonyl (C=O) groups is 1. The van der Waals surface area contributed by atoms with Crippen LogP contribution in [0.2, 0.25) is 0 Å². The van der Waals surface area contributed by atoms with E-state index in [4.69, 9.17) is 0 Å². The van der Waals surface area contributed by atoms with Gasteiger partial charge in [0.05, 0.1) is 0 Å². The number of rotatable bonds is 5. The van der Waals surface area contributed by atoms with Gasteiger partial charge < -0.3 is 15.1 Å². The fraction of sp³-hybridized carbons (Fsp3) is 0.722. The summed E-state index contributed by atoms with van der Waals surface area (Å²) in [6.07, 6.45) is 9.26. The minimum atomic E-state index is 0.247. The third-order valence-electron chi connectivity index (χ3n) is 5.23. The molecule has 0 atom stereocenters. The van der Waals surface area contributed by atoms with Gasteiger partial charge in [0, 0.05) is 45.7 Å². The minimum Gasteiger partial charge on any atom is -0.363 e. The highest BCUT2D eigenvalue weighted by Crippen LogP contribution is 2.25. The Kier molecular flexibility index (Phi) is 5.53. The lowest BCUT2D eigenvalue weighted by Gasteiger charge is -2.33. The zero-order valence-electron chi connectivity index (χ0n) is 14.9. The Morgan fingerprint density at radius 1 is 1.21 bits per heavy atom. The number of nitrogens with zero attached hydrogens (tertiary/aromatic N) is 4. The van der Waals surface area contributed by atoms with E-state index in [0.717, 1.165) is 50.4 Å². The molecule has 0 unspecified atom stereocenters. The Hall–Kier alpha value is -1.85. The quantitative estimate of drug-likeness (QED) is 0.896. The van der Waals surface area contributed by atoms with Crippen LogP contribution in [0, 0.1) is 5.92 Å². The number of aromatic nitrogens is 2. The van der Waals surface area contributed by atoms with Gasteiger partial charge in [-0.25, -0.2) is 9.97 Å². The molecule has 132 valence electrons. The Morgan fingerprint density at radius 3 is 2.58 bits per heavy atom. The Bertz CT molecular complexity index is 548. The van der Waals surface area contributed by atoms with Gasteiger partial charge in [0.2, 0.25) is 5.91 Å². The molecule has 3 rings (SSSR count). The van der Waals surface area contributed by atoms with Crippen LogP contribution in [0.4, 0.5) is 11.6 Å². The first kappa shape index (κ1) is 17.0. The summed E-state index contributed by atoms with van der Waals surface area (Å²) in [5.41, 5.74) is 0. The van der Waals surface area contributed by atoms with Crippen molar-refractivity contribution in [3.63, 3.8) is 0 Å². The van der Waals surface area contributed by atoms with Crippen LogP contribution in [-0.2, 0) is 4.79 Å². The van der Waals surface area contributed by atoms with Crippen LogP contribution < -0.4 is 15.1 Å². The molecule has 2 heterocycles. The summed E-state index contributed by atoms with van der Waals surface area (Å²) in [4.78, 5) is 25.2. The van der Waals surface area contributed by atoms with Gasteiger partial charge in [0.15, 0.2) is 0 Å². The molecule has 6 heteroatoms. The first-order chi connectivity index (χ1) is 11.6. The predicted octanol–water partition coefficient (Wildman–Crippen LogP) is 2.21. The largest absolute Gasteiger partial charge is 0.363 e.